The molecule has 3 rings (SSSR count). The van der Waals surface area contributed by atoms with Crippen LogP contribution in [0.5, 0.6) is 0 Å². The van der Waals surface area contributed by atoms with Crippen molar-refractivity contribution in [2.24, 2.45) is 0 Å². The van der Waals surface area contributed by atoms with E-state index in [0.717, 1.165) is 27.9 Å². The second kappa shape index (κ2) is 10.6. The molecule has 0 aliphatic carbocycles. The zero-order chi connectivity index (χ0) is 23.1. The Balaban J connectivity index is 1.52. The lowest BCUT2D eigenvalue weighted by Crippen LogP contribution is -2.26. The summed E-state index contributed by atoms with van der Waals surface area (Å²) in [7, 11) is -3.56. The van der Waals surface area contributed by atoms with Gasteiger partial charge in [0.2, 0.25) is 15.9 Å². The van der Waals surface area contributed by atoms with E-state index < -0.39 is 10.0 Å². The molecule has 168 valence electrons. The van der Waals surface area contributed by atoms with Gasteiger partial charge >= 0.3 is 0 Å². The Bertz CT molecular complexity index is 1150. The normalized spacial score (nSPS) is 11.3. The predicted molar refractivity (Wildman–Crippen MR) is 129 cm³/mol. The van der Waals surface area contributed by atoms with Crippen LogP contribution in [0, 0.1) is 20.8 Å². The number of nitrogens with one attached hydrogen (secondary N) is 2. The minimum atomic E-state index is -3.56. The highest BCUT2D eigenvalue weighted by Crippen LogP contribution is 2.22. The summed E-state index contributed by atoms with van der Waals surface area (Å²) in [6.07, 6.45) is 1.50. The van der Waals surface area contributed by atoms with Gasteiger partial charge in [-0.05, 0) is 68.0 Å². The summed E-state index contributed by atoms with van der Waals surface area (Å²) >= 11 is 0. The average molecular weight is 451 g/mol. The fourth-order valence-corrected chi connectivity index (χ4v) is 4.76. The molecule has 1 amide bonds. The van der Waals surface area contributed by atoms with Crippen molar-refractivity contribution < 1.29 is 13.2 Å². The maximum Gasteiger partial charge on any atom is 0.240 e. The van der Waals surface area contributed by atoms with E-state index in [1.807, 2.05) is 51.1 Å². The van der Waals surface area contributed by atoms with Gasteiger partial charge in [0.1, 0.15) is 0 Å². The van der Waals surface area contributed by atoms with Crippen LogP contribution >= 0.6 is 0 Å². The van der Waals surface area contributed by atoms with Crippen molar-refractivity contribution in [3.05, 3.63) is 94.5 Å². The number of hydrogen-bond acceptors (Lipinski definition) is 3. The molecule has 0 saturated carbocycles. The highest BCUT2D eigenvalue weighted by Gasteiger charge is 2.14. The molecule has 0 bridgehead atoms. The van der Waals surface area contributed by atoms with Gasteiger partial charge in [0.25, 0.3) is 0 Å². The third-order valence-electron chi connectivity index (χ3n) is 5.36. The summed E-state index contributed by atoms with van der Waals surface area (Å²) in [5, 5.41) is 3.00. The maximum absolute atomic E-state index is 12.5. The van der Waals surface area contributed by atoms with Crippen LogP contribution in [-0.4, -0.2) is 20.9 Å². The van der Waals surface area contributed by atoms with Crippen molar-refractivity contribution in [2.45, 2.75) is 44.9 Å². The molecule has 32 heavy (non-hydrogen) atoms. The molecule has 3 aromatic carbocycles. The van der Waals surface area contributed by atoms with Crippen molar-refractivity contribution in [3.63, 3.8) is 0 Å². The smallest absolute Gasteiger partial charge is 0.240 e. The molecule has 0 unspecified atom stereocenters. The Morgan fingerprint density at radius 1 is 0.812 bits per heavy atom. The van der Waals surface area contributed by atoms with Crippen LogP contribution in [0.2, 0.25) is 0 Å². The molecular weight excluding hydrogens is 420 g/mol. The summed E-state index contributed by atoms with van der Waals surface area (Å²) in [4.78, 5) is 12.6. The third-order valence-corrected chi connectivity index (χ3v) is 6.84. The lowest BCUT2D eigenvalue weighted by atomic mass is 10.0. The Morgan fingerprint density at radius 2 is 1.41 bits per heavy atom. The number of hydrogen-bond donors (Lipinski definition) is 2. The van der Waals surface area contributed by atoms with Gasteiger partial charge in [-0.1, -0.05) is 60.2 Å². The topological polar surface area (TPSA) is 75.3 Å². The SMILES string of the molecule is Cc1cc(C)c(NC(=O)CCc2ccc(S(=O)(=O)NCCc3ccccc3)cc2)c(C)c1. The van der Waals surface area contributed by atoms with E-state index in [9.17, 15) is 13.2 Å². The van der Waals surface area contributed by atoms with Gasteiger partial charge in [0, 0.05) is 18.7 Å². The molecule has 0 saturated heterocycles. The highest BCUT2D eigenvalue weighted by molar-refractivity contribution is 7.89. The van der Waals surface area contributed by atoms with Gasteiger partial charge < -0.3 is 5.32 Å². The summed E-state index contributed by atoms with van der Waals surface area (Å²) in [6.45, 7) is 6.35. The minimum Gasteiger partial charge on any atom is -0.326 e. The number of aryl methyl sites for hydroxylation is 4. The van der Waals surface area contributed by atoms with Crippen LogP contribution in [-0.2, 0) is 27.7 Å². The number of carbonyl (C=O) groups is 1. The Labute approximate surface area is 190 Å². The standard InChI is InChI=1S/C26H30N2O3S/c1-19-17-20(2)26(21(3)18-19)28-25(29)14-11-23-9-12-24(13-10-23)32(30,31)27-16-15-22-7-5-4-6-8-22/h4-10,12-13,17-18,27H,11,14-16H2,1-3H3,(H,28,29). The molecule has 0 fully saturated rings. The van der Waals surface area contributed by atoms with Gasteiger partial charge in [-0.25, -0.2) is 13.1 Å². The number of anilines is 1. The summed E-state index contributed by atoms with van der Waals surface area (Å²) < 4.78 is 27.7. The van der Waals surface area contributed by atoms with Crippen LogP contribution in [0.15, 0.2) is 71.6 Å². The zero-order valence-corrected chi connectivity index (χ0v) is 19.6. The molecule has 0 aliphatic heterocycles. The van der Waals surface area contributed by atoms with E-state index >= 15 is 0 Å². The lowest BCUT2D eigenvalue weighted by molar-refractivity contribution is -0.116. The molecule has 3 aromatic rings. The molecule has 0 aromatic heterocycles. The number of amides is 1. The second-order valence-electron chi connectivity index (χ2n) is 8.10. The molecule has 0 aliphatic rings. The van der Waals surface area contributed by atoms with E-state index in [4.69, 9.17) is 0 Å². The van der Waals surface area contributed by atoms with E-state index in [1.54, 1.807) is 24.3 Å². The molecule has 0 heterocycles. The van der Waals surface area contributed by atoms with Gasteiger partial charge in [-0.15, -0.1) is 0 Å². The summed E-state index contributed by atoms with van der Waals surface area (Å²) in [5.74, 6) is -0.0562. The molecule has 6 heteroatoms. The summed E-state index contributed by atoms with van der Waals surface area (Å²) in [6, 6.07) is 20.6. The zero-order valence-electron chi connectivity index (χ0n) is 18.8. The molecule has 0 atom stereocenters. The van der Waals surface area contributed by atoms with Crippen LogP contribution < -0.4 is 10.0 Å². The van der Waals surface area contributed by atoms with Gasteiger partial charge in [0.05, 0.1) is 4.90 Å². The second-order valence-corrected chi connectivity index (χ2v) is 9.87. The fraction of sp³-hybridized carbons (Fsp3) is 0.269. The fourth-order valence-electron chi connectivity index (χ4n) is 3.73. The third kappa shape index (κ3) is 6.52. The van der Waals surface area contributed by atoms with Crippen LogP contribution in [0.1, 0.15) is 34.2 Å². The summed E-state index contributed by atoms with van der Waals surface area (Å²) in [5.41, 5.74) is 6.13. The molecule has 0 radical (unpaired) electrons. The van der Waals surface area contributed by atoms with Crippen LogP contribution in [0.25, 0.3) is 0 Å². The highest BCUT2D eigenvalue weighted by atomic mass is 32.2. The number of carbonyl (C=O) groups excluding carboxylic acids is 1. The van der Waals surface area contributed by atoms with Crippen molar-refractivity contribution in [2.75, 3.05) is 11.9 Å². The molecule has 0 spiro atoms. The first-order chi connectivity index (χ1) is 15.2. The first-order valence-electron chi connectivity index (χ1n) is 10.7. The van der Waals surface area contributed by atoms with Crippen molar-refractivity contribution in [1.82, 2.24) is 4.72 Å². The number of rotatable bonds is 9. The van der Waals surface area contributed by atoms with Crippen molar-refractivity contribution in [1.29, 1.82) is 0 Å². The van der Waals surface area contributed by atoms with Crippen molar-refractivity contribution >= 4 is 21.6 Å². The number of sulfonamides is 1. The molecule has 5 nitrogen and oxygen atoms in total. The Morgan fingerprint density at radius 3 is 2.03 bits per heavy atom. The average Bonchev–Trinajstić information content (AvgIpc) is 2.76. The van der Waals surface area contributed by atoms with Gasteiger partial charge in [-0.2, -0.15) is 0 Å². The van der Waals surface area contributed by atoms with Crippen molar-refractivity contribution in [3.8, 4) is 0 Å². The van der Waals surface area contributed by atoms with Gasteiger partial charge in [0.15, 0.2) is 0 Å². The monoisotopic (exact) mass is 450 g/mol. The van der Waals surface area contributed by atoms with Crippen LogP contribution in [0.4, 0.5) is 5.69 Å². The minimum absolute atomic E-state index is 0.0562. The molecule has 2 N–H and O–H groups in total. The van der Waals surface area contributed by atoms with E-state index in [0.29, 0.717) is 25.8 Å². The van der Waals surface area contributed by atoms with Crippen LogP contribution in [0.3, 0.4) is 0 Å². The predicted octanol–water partition coefficient (Wildman–Crippen LogP) is 4.70. The molecular formula is C26H30N2O3S. The van der Waals surface area contributed by atoms with E-state index in [-0.39, 0.29) is 10.8 Å². The largest absolute Gasteiger partial charge is 0.326 e. The Kier molecular flexibility index (Phi) is 7.83. The maximum atomic E-state index is 12.5. The Hall–Kier alpha value is -2.96. The van der Waals surface area contributed by atoms with Gasteiger partial charge in [-0.3, -0.25) is 4.79 Å². The van der Waals surface area contributed by atoms with E-state index in [2.05, 4.69) is 22.2 Å². The first-order valence-corrected chi connectivity index (χ1v) is 12.2. The number of benzene rings is 3. The quantitative estimate of drug-likeness (QED) is 0.496. The van der Waals surface area contributed by atoms with E-state index in [1.165, 1.54) is 5.56 Å². The lowest BCUT2D eigenvalue weighted by Gasteiger charge is -2.13. The first kappa shape index (κ1) is 23.7.